The van der Waals surface area contributed by atoms with Gasteiger partial charge in [0, 0.05) is 11.8 Å². The Bertz CT molecular complexity index is 1040. The SMILES string of the molecule is O=Cc1cc(Cc2n[nH]c(=O)c3ccc(OC4CCC4)cc23)ccc1F. The third-order valence-electron chi connectivity index (χ3n) is 4.75. The lowest BCUT2D eigenvalue weighted by atomic mass is 9.96. The van der Waals surface area contributed by atoms with E-state index in [4.69, 9.17) is 4.74 Å². The number of nitrogens with one attached hydrogen (secondary N) is 1. The van der Waals surface area contributed by atoms with Gasteiger partial charge in [0.1, 0.15) is 11.6 Å². The first kappa shape index (κ1) is 16.4. The second-order valence-corrected chi connectivity index (χ2v) is 6.53. The molecule has 1 heterocycles. The molecule has 0 amide bonds. The Morgan fingerprint density at radius 1 is 1.19 bits per heavy atom. The summed E-state index contributed by atoms with van der Waals surface area (Å²) in [5, 5.41) is 7.87. The highest BCUT2D eigenvalue weighted by Gasteiger charge is 2.19. The van der Waals surface area contributed by atoms with E-state index in [1.165, 1.54) is 18.6 Å². The van der Waals surface area contributed by atoms with Crippen LogP contribution in [0.5, 0.6) is 5.75 Å². The van der Waals surface area contributed by atoms with Crippen molar-refractivity contribution in [2.24, 2.45) is 0 Å². The number of carbonyl (C=O) groups is 1. The lowest BCUT2D eigenvalue weighted by Gasteiger charge is -2.26. The van der Waals surface area contributed by atoms with Crippen molar-refractivity contribution in [1.82, 2.24) is 10.2 Å². The van der Waals surface area contributed by atoms with E-state index < -0.39 is 5.82 Å². The van der Waals surface area contributed by atoms with Crippen LogP contribution in [0.4, 0.5) is 4.39 Å². The van der Waals surface area contributed by atoms with Crippen LogP contribution in [0.15, 0.2) is 41.2 Å². The maximum Gasteiger partial charge on any atom is 0.272 e. The molecule has 1 aromatic heterocycles. The number of hydrogen-bond donors (Lipinski definition) is 1. The van der Waals surface area contributed by atoms with Gasteiger partial charge in [-0.25, -0.2) is 9.49 Å². The number of halogens is 1. The minimum atomic E-state index is -0.556. The van der Waals surface area contributed by atoms with Gasteiger partial charge in [-0.15, -0.1) is 0 Å². The van der Waals surface area contributed by atoms with Crippen molar-refractivity contribution in [3.8, 4) is 5.75 Å². The number of aromatic nitrogens is 2. The molecule has 6 heteroatoms. The van der Waals surface area contributed by atoms with Crippen LogP contribution in [0, 0.1) is 5.82 Å². The summed E-state index contributed by atoms with van der Waals surface area (Å²) in [6.07, 6.45) is 4.35. The third kappa shape index (κ3) is 3.10. The summed E-state index contributed by atoms with van der Waals surface area (Å²) >= 11 is 0. The lowest BCUT2D eigenvalue weighted by Crippen LogP contribution is -2.24. The molecular weight excluding hydrogens is 335 g/mol. The number of benzene rings is 2. The van der Waals surface area contributed by atoms with Crippen LogP contribution in [0.1, 0.15) is 40.9 Å². The molecular formula is C20H17FN2O3. The highest BCUT2D eigenvalue weighted by atomic mass is 19.1. The molecule has 4 rings (SSSR count). The molecule has 1 fully saturated rings. The smallest absolute Gasteiger partial charge is 0.272 e. The van der Waals surface area contributed by atoms with Gasteiger partial charge in [0.15, 0.2) is 6.29 Å². The first-order valence-electron chi connectivity index (χ1n) is 8.55. The summed E-state index contributed by atoms with van der Waals surface area (Å²) in [6, 6.07) is 9.72. The average Bonchev–Trinajstić information content (AvgIpc) is 2.62. The summed E-state index contributed by atoms with van der Waals surface area (Å²) < 4.78 is 19.4. The number of nitrogens with zero attached hydrogens (tertiary/aromatic N) is 1. The van der Waals surface area contributed by atoms with Crippen LogP contribution >= 0.6 is 0 Å². The van der Waals surface area contributed by atoms with Crippen molar-refractivity contribution in [2.75, 3.05) is 0 Å². The van der Waals surface area contributed by atoms with Crippen LogP contribution in [0.25, 0.3) is 10.8 Å². The van der Waals surface area contributed by atoms with Crippen molar-refractivity contribution in [3.63, 3.8) is 0 Å². The van der Waals surface area contributed by atoms with Crippen molar-refractivity contribution < 1.29 is 13.9 Å². The molecule has 0 spiro atoms. The number of ether oxygens (including phenoxy) is 1. The zero-order chi connectivity index (χ0) is 18.1. The Balaban J connectivity index is 1.73. The van der Waals surface area contributed by atoms with E-state index in [2.05, 4.69) is 10.2 Å². The van der Waals surface area contributed by atoms with Gasteiger partial charge in [0.05, 0.1) is 22.7 Å². The normalized spacial score (nSPS) is 14.2. The van der Waals surface area contributed by atoms with Gasteiger partial charge >= 0.3 is 0 Å². The minimum Gasteiger partial charge on any atom is -0.490 e. The number of aromatic amines is 1. The van der Waals surface area contributed by atoms with E-state index >= 15 is 0 Å². The molecule has 0 bridgehead atoms. The molecule has 5 nitrogen and oxygen atoms in total. The predicted molar refractivity (Wildman–Crippen MR) is 95.2 cm³/mol. The first-order chi connectivity index (χ1) is 12.6. The standard InChI is InChI=1S/C20H17FN2O3/c21-18-7-4-12(8-13(18)11-24)9-19-17-10-15(26-14-2-1-3-14)5-6-16(17)20(25)23-22-19/h4-8,10-11,14H,1-3,9H2,(H,23,25). The monoisotopic (exact) mass is 352 g/mol. The van der Waals surface area contributed by atoms with E-state index in [0.717, 1.165) is 18.4 Å². The number of aldehydes is 1. The highest BCUT2D eigenvalue weighted by Crippen LogP contribution is 2.28. The molecule has 1 saturated carbocycles. The Morgan fingerprint density at radius 3 is 2.77 bits per heavy atom. The highest BCUT2D eigenvalue weighted by molar-refractivity contribution is 5.85. The molecule has 1 aliphatic rings. The molecule has 0 atom stereocenters. The van der Waals surface area contributed by atoms with E-state index in [0.29, 0.717) is 34.9 Å². The van der Waals surface area contributed by atoms with E-state index in [1.807, 2.05) is 6.07 Å². The van der Waals surface area contributed by atoms with Gasteiger partial charge in [0.2, 0.25) is 0 Å². The number of hydrogen-bond acceptors (Lipinski definition) is 4. The van der Waals surface area contributed by atoms with E-state index in [1.54, 1.807) is 18.2 Å². The summed E-state index contributed by atoms with van der Waals surface area (Å²) in [4.78, 5) is 23.0. The topological polar surface area (TPSA) is 72.0 Å². The lowest BCUT2D eigenvalue weighted by molar-refractivity contribution is 0.111. The molecule has 0 unspecified atom stereocenters. The zero-order valence-corrected chi connectivity index (χ0v) is 14.0. The third-order valence-corrected chi connectivity index (χ3v) is 4.75. The van der Waals surface area contributed by atoms with Gasteiger partial charge in [-0.1, -0.05) is 6.07 Å². The van der Waals surface area contributed by atoms with Gasteiger partial charge in [-0.05, 0) is 55.2 Å². The zero-order valence-electron chi connectivity index (χ0n) is 14.0. The quantitative estimate of drug-likeness (QED) is 0.715. The largest absolute Gasteiger partial charge is 0.490 e. The first-order valence-corrected chi connectivity index (χ1v) is 8.55. The molecule has 1 N–H and O–H groups in total. The maximum absolute atomic E-state index is 13.5. The van der Waals surface area contributed by atoms with Crippen LogP contribution in [0.3, 0.4) is 0 Å². The fraction of sp³-hybridized carbons (Fsp3) is 0.250. The summed E-state index contributed by atoms with van der Waals surface area (Å²) in [6.45, 7) is 0. The van der Waals surface area contributed by atoms with Crippen LogP contribution in [0.2, 0.25) is 0 Å². The number of fused-ring (bicyclic) bond motifs is 1. The molecule has 1 aliphatic carbocycles. The Labute approximate surface area is 148 Å². The van der Waals surface area contributed by atoms with Gasteiger partial charge in [-0.3, -0.25) is 9.59 Å². The van der Waals surface area contributed by atoms with Gasteiger partial charge in [-0.2, -0.15) is 5.10 Å². The molecule has 132 valence electrons. The molecule has 0 radical (unpaired) electrons. The summed E-state index contributed by atoms with van der Waals surface area (Å²) in [7, 11) is 0. The van der Waals surface area contributed by atoms with Crippen LogP contribution < -0.4 is 10.3 Å². The number of carbonyl (C=O) groups excluding carboxylic acids is 1. The van der Waals surface area contributed by atoms with Crippen molar-refractivity contribution in [3.05, 3.63) is 69.4 Å². The Hall–Kier alpha value is -3.02. The summed E-state index contributed by atoms with van der Waals surface area (Å²) in [5.74, 6) is 0.155. The molecule has 0 saturated heterocycles. The van der Waals surface area contributed by atoms with Gasteiger partial charge in [0.25, 0.3) is 5.56 Å². The minimum absolute atomic E-state index is 0.00485. The summed E-state index contributed by atoms with van der Waals surface area (Å²) in [5.41, 5.74) is 1.11. The number of H-pyrrole nitrogens is 1. The van der Waals surface area contributed by atoms with Crippen LogP contribution in [-0.2, 0) is 6.42 Å². The fourth-order valence-corrected chi connectivity index (χ4v) is 3.07. The van der Waals surface area contributed by atoms with Crippen molar-refractivity contribution >= 4 is 17.1 Å². The molecule has 26 heavy (non-hydrogen) atoms. The second-order valence-electron chi connectivity index (χ2n) is 6.53. The Kier molecular flexibility index (Phi) is 4.24. The second kappa shape index (κ2) is 6.71. The van der Waals surface area contributed by atoms with Crippen molar-refractivity contribution in [1.29, 1.82) is 0 Å². The molecule has 3 aromatic rings. The predicted octanol–water partition coefficient (Wildman–Crippen LogP) is 3.40. The van der Waals surface area contributed by atoms with Gasteiger partial charge < -0.3 is 4.74 Å². The Morgan fingerprint density at radius 2 is 2.04 bits per heavy atom. The van der Waals surface area contributed by atoms with E-state index in [-0.39, 0.29) is 17.2 Å². The molecule has 2 aromatic carbocycles. The molecule has 0 aliphatic heterocycles. The maximum atomic E-state index is 13.5. The fourth-order valence-electron chi connectivity index (χ4n) is 3.07. The van der Waals surface area contributed by atoms with Crippen molar-refractivity contribution in [2.45, 2.75) is 31.8 Å². The number of rotatable bonds is 5. The van der Waals surface area contributed by atoms with Crippen LogP contribution in [-0.4, -0.2) is 22.6 Å². The van der Waals surface area contributed by atoms with E-state index in [9.17, 15) is 14.0 Å². The average molecular weight is 352 g/mol.